The number of carbonyl (C=O) groups is 2. The van der Waals surface area contributed by atoms with Gasteiger partial charge in [-0.15, -0.1) is 0 Å². The van der Waals surface area contributed by atoms with Crippen LogP contribution in [0.1, 0.15) is 39.0 Å². The van der Waals surface area contributed by atoms with Crippen molar-refractivity contribution < 1.29 is 27.2 Å². The second-order valence-corrected chi connectivity index (χ2v) is 13.1. The highest BCUT2D eigenvalue weighted by atomic mass is 32.2. The van der Waals surface area contributed by atoms with Gasteiger partial charge in [-0.2, -0.15) is 0 Å². The summed E-state index contributed by atoms with van der Waals surface area (Å²) in [4.78, 5) is 32.4. The minimum absolute atomic E-state index is 0.0475. The van der Waals surface area contributed by atoms with Gasteiger partial charge in [0.15, 0.2) is 5.78 Å². The Labute approximate surface area is 274 Å². The lowest BCUT2D eigenvalue weighted by atomic mass is 10.0. The Morgan fingerprint density at radius 2 is 1.77 bits per heavy atom. The van der Waals surface area contributed by atoms with Crippen LogP contribution in [0.15, 0.2) is 107 Å². The summed E-state index contributed by atoms with van der Waals surface area (Å²) >= 11 is 0. The van der Waals surface area contributed by atoms with Gasteiger partial charge < -0.3 is 19.4 Å². The molecule has 1 N–H and O–H groups in total. The van der Waals surface area contributed by atoms with Crippen molar-refractivity contribution in [3.05, 3.63) is 120 Å². The molecule has 3 heterocycles. The van der Waals surface area contributed by atoms with Crippen molar-refractivity contribution in [3.63, 3.8) is 0 Å². The average Bonchev–Trinajstić information content (AvgIpc) is 3.44. The van der Waals surface area contributed by atoms with Gasteiger partial charge in [-0.05, 0) is 68.3 Å². The number of anilines is 2. The van der Waals surface area contributed by atoms with Crippen LogP contribution in [0.25, 0.3) is 11.0 Å². The van der Waals surface area contributed by atoms with Crippen molar-refractivity contribution in [1.82, 2.24) is 10.3 Å². The molecule has 5 aromatic rings. The number of piperazine rings is 1. The standard InChI is InChI=1S/C36H36N4O6S/c1-3-45-36(42)35-25(2)29-23-28(13-14-33(29)46-35)47(43,44)40(21-17-26-9-5-4-6-10-26)31-12-8-7-11-30(31)39-22-20-38-24-32(39)34(41)27-15-18-37-19-16-27/h4-16,18-19,23,32,38H,3,17,20-22,24H2,1-2H3. The third-order valence-corrected chi connectivity index (χ3v) is 10.2. The normalized spacial score (nSPS) is 15.0. The summed E-state index contributed by atoms with van der Waals surface area (Å²) in [7, 11) is -4.16. The Bertz CT molecular complexity index is 2000. The molecule has 0 aliphatic carbocycles. The van der Waals surface area contributed by atoms with E-state index in [0.29, 0.717) is 59.5 Å². The number of ether oxygens (including phenoxy) is 1. The van der Waals surface area contributed by atoms with Gasteiger partial charge in [-0.25, -0.2) is 13.2 Å². The van der Waals surface area contributed by atoms with Crippen LogP contribution in [0.4, 0.5) is 11.4 Å². The van der Waals surface area contributed by atoms with Gasteiger partial charge >= 0.3 is 5.97 Å². The van der Waals surface area contributed by atoms with Crippen LogP contribution in [-0.2, 0) is 21.2 Å². The molecule has 3 aromatic carbocycles. The van der Waals surface area contributed by atoms with Crippen molar-refractivity contribution in [2.45, 2.75) is 31.2 Å². The third kappa shape index (κ3) is 6.49. The maximum Gasteiger partial charge on any atom is 0.374 e. The number of benzene rings is 3. The zero-order valence-electron chi connectivity index (χ0n) is 26.3. The molecule has 1 atom stereocenters. The van der Waals surface area contributed by atoms with E-state index in [1.165, 1.54) is 10.4 Å². The van der Waals surface area contributed by atoms with E-state index in [-0.39, 0.29) is 29.6 Å². The number of para-hydroxylation sites is 2. The molecule has 1 fully saturated rings. The molecule has 0 radical (unpaired) electrons. The van der Waals surface area contributed by atoms with Crippen LogP contribution in [-0.4, -0.2) is 64.0 Å². The van der Waals surface area contributed by atoms with Gasteiger partial charge in [0, 0.05) is 55.1 Å². The van der Waals surface area contributed by atoms with Crippen molar-refractivity contribution in [2.75, 3.05) is 42.0 Å². The Kier molecular flexibility index (Phi) is 9.37. The number of nitrogens with one attached hydrogen (secondary N) is 1. The van der Waals surface area contributed by atoms with E-state index in [4.69, 9.17) is 9.15 Å². The Balaban J connectivity index is 1.44. The third-order valence-electron chi connectivity index (χ3n) is 8.37. The number of ketones is 1. The number of esters is 1. The summed E-state index contributed by atoms with van der Waals surface area (Å²) in [5.41, 5.74) is 3.52. The first-order chi connectivity index (χ1) is 22.8. The molecule has 11 heteroatoms. The largest absolute Gasteiger partial charge is 0.460 e. The summed E-state index contributed by atoms with van der Waals surface area (Å²) in [5, 5.41) is 3.83. The molecular formula is C36H36N4O6S. The lowest BCUT2D eigenvalue weighted by Crippen LogP contribution is -2.55. The first-order valence-electron chi connectivity index (χ1n) is 15.6. The quantitative estimate of drug-likeness (QED) is 0.147. The first kappa shape index (κ1) is 32.0. The molecule has 0 bridgehead atoms. The zero-order chi connectivity index (χ0) is 33.0. The van der Waals surface area contributed by atoms with Gasteiger partial charge in [0.05, 0.1) is 22.9 Å². The van der Waals surface area contributed by atoms with Crippen molar-refractivity contribution >= 4 is 44.1 Å². The number of aromatic nitrogens is 1. The van der Waals surface area contributed by atoms with Crippen LogP contribution in [0.5, 0.6) is 0 Å². The van der Waals surface area contributed by atoms with Gasteiger partial charge in [0.2, 0.25) is 5.76 Å². The smallest absolute Gasteiger partial charge is 0.374 e. The minimum atomic E-state index is -4.16. The van der Waals surface area contributed by atoms with Crippen LogP contribution in [0.2, 0.25) is 0 Å². The number of rotatable bonds is 11. The summed E-state index contributed by atoms with van der Waals surface area (Å²) in [6.45, 7) is 5.29. The molecule has 47 heavy (non-hydrogen) atoms. The molecule has 0 saturated carbocycles. The number of aryl methyl sites for hydroxylation is 1. The number of furan rings is 1. The molecule has 6 rings (SSSR count). The van der Waals surface area contributed by atoms with Crippen molar-refractivity contribution in [1.29, 1.82) is 0 Å². The highest BCUT2D eigenvalue weighted by molar-refractivity contribution is 7.92. The topological polar surface area (TPSA) is 122 Å². The van der Waals surface area contributed by atoms with E-state index in [9.17, 15) is 18.0 Å². The molecule has 2 aromatic heterocycles. The molecule has 1 aliphatic heterocycles. The van der Waals surface area contributed by atoms with Gasteiger partial charge in [-0.3, -0.25) is 14.1 Å². The Hall–Kier alpha value is -5.00. The summed E-state index contributed by atoms with van der Waals surface area (Å²) < 4.78 is 41.8. The van der Waals surface area contributed by atoms with Crippen molar-refractivity contribution in [2.24, 2.45) is 0 Å². The van der Waals surface area contributed by atoms with Gasteiger partial charge in [0.25, 0.3) is 10.0 Å². The summed E-state index contributed by atoms with van der Waals surface area (Å²) in [6.07, 6.45) is 3.64. The fourth-order valence-corrected chi connectivity index (χ4v) is 7.48. The lowest BCUT2D eigenvalue weighted by Gasteiger charge is -2.39. The highest BCUT2D eigenvalue weighted by Crippen LogP contribution is 2.37. The summed E-state index contributed by atoms with van der Waals surface area (Å²) in [6, 6.07) is 24.5. The minimum Gasteiger partial charge on any atom is -0.460 e. The monoisotopic (exact) mass is 652 g/mol. The predicted octanol–water partition coefficient (Wildman–Crippen LogP) is 5.41. The van der Waals surface area contributed by atoms with E-state index in [2.05, 4.69) is 10.3 Å². The lowest BCUT2D eigenvalue weighted by molar-refractivity contribution is 0.0491. The maximum absolute atomic E-state index is 14.7. The molecule has 1 unspecified atom stereocenters. The van der Waals surface area contributed by atoms with Crippen molar-refractivity contribution in [3.8, 4) is 0 Å². The number of carbonyl (C=O) groups excluding carboxylic acids is 2. The van der Waals surface area contributed by atoms with E-state index >= 15 is 0 Å². The fourth-order valence-electron chi connectivity index (χ4n) is 5.98. The maximum atomic E-state index is 14.7. The highest BCUT2D eigenvalue weighted by Gasteiger charge is 2.34. The number of sulfonamides is 1. The SMILES string of the molecule is CCOC(=O)c1oc2ccc(S(=O)(=O)N(CCc3ccccc3)c3ccccc3N3CCNCC3C(=O)c3ccncc3)cc2c1C. The van der Waals surface area contributed by atoms with Crippen LogP contribution >= 0.6 is 0 Å². The molecule has 0 spiro atoms. The van der Waals surface area contributed by atoms with Crippen LogP contribution in [0.3, 0.4) is 0 Å². The van der Waals surface area contributed by atoms with E-state index < -0.39 is 22.0 Å². The fraction of sp³-hybridized carbons (Fsp3) is 0.250. The number of fused-ring (bicyclic) bond motifs is 1. The van der Waals surface area contributed by atoms with Crippen LogP contribution < -0.4 is 14.5 Å². The second kappa shape index (κ2) is 13.8. The van der Waals surface area contributed by atoms with E-state index in [1.54, 1.807) is 62.6 Å². The molecule has 10 nitrogen and oxygen atoms in total. The molecular weight excluding hydrogens is 616 g/mol. The Morgan fingerprint density at radius 1 is 1.02 bits per heavy atom. The van der Waals surface area contributed by atoms with Gasteiger partial charge in [-0.1, -0.05) is 42.5 Å². The second-order valence-electron chi connectivity index (χ2n) is 11.2. The number of Topliss-reactive ketones (excluding diaryl/α,β-unsaturated/α-hetero) is 1. The first-order valence-corrected chi connectivity index (χ1v) is 17.0. The number of nitrogens with zero attached hydrogens (tertiary/aromatic N) is 3. The molecule has 1 aliphatic rings. The van der Waals surface area contributed by atoms with E-state index in [1.807, 2.05) is 47.4 Å². The van der Waals surface area contributed by atoms with Gasteiger partial charge in [0.1, 0.15) is 11.6 Å². The van der Waals surface area contributed by atoms with Crippen LogP contribution in [0, 0.1) is 6.92 Å². The Morgan fingerprint density at radius 3 is 2.53 bits per heavy atom. The molecule has 242 valence electrons. The number of hydrogen-bond acceptors (Lipinski definition) is 9. The number of hydrogen-bond donors (Lipinski definition) is 1. The molecule has 0 amide bonds. The molecule has 1 saturated heterocycles. The predicted molar refractivity (Wildman–Crippen MR) is 181 cm³/mol. The number of pyridine rings is 1. The zero-order valence-corrected chi connectivity index (χ0v) is 27.1. The van der Waals surface area contributed by atoms with E-state index in [0.717, 1.165) is 5.56 Å². The average molecular weight is 653 g/mol. The summed E-state index contributed by atoms with van der Waals surface area (Å²) in [5.74, 6) is -0.631.